The molecule has 3 aromatic rings. The lowest BCUT2D eigenvalue weighted by atomic mass is 10.1. The quantitative estimate of drug-likeness (QED) is 0.749. The second kappa shape index (κ2) is 7.28. The molecule has 2 aromatic heterocycles. The van der Waals surface area contributed by atoms with Crippen molar-refractivity contribution in [1.82, 2.24) is 19.7 Å². The number of carbonyl (C=O) groups is 1. The molecule has 0 radical (unpaired) electrons. The summed E-state index contributed by atoms with van der Waals surface area (Å²) in [6.45, 7) is 1.34. The highest BCUT2D eigenvalue weighted by Crippen LogP contribution is 2.21. The second-order valence-electron chi connectivity index (χ2n) is 6.78. The third-order valence-electron chi connectivity index (χ3n) is 4.69. The van der Waals surface area contributed by atoms with Crippen LogP contribution in [0.1, 0.15) is 11.3 Å². The minimum Gasteiger partial charge on any atom is -0.338 e. The summed E-state index contributed by atoms with van der Waals surface area (Å²) < 4.78 is 14.9. The zero-order valence-corrected chi connectivity index (χ0v) is 14.8. The van der Waals surface area contributed by atoms with Gasteiger partial charge in [-0.2, -0.15) is 5.10 Å². The van der Waals surface area contributed by atoms with Crippen LogP contribution in [0.4, 0.5) is 4.39 Å². The number of pyridine rings is 1. The first-order chi connectivity index (χ1) is 13.1. The Labute approximate surface area is 156 Å². The molecule has 138 valence electrons. The first-order valence-corrected chi connectivity index (χ1v) is 8.83. The lowest BCUT2D eigenvalue weighted by Gasteiger charge is -2.36. The van der Waals surface area contributed by atoms with Crippen molar-refractivity contribution in [3.63, 3.8) is 0 Å². The van der Waals surface area contributed by atoms with Gasteiger partial charge in [-0.25, -0.2) is 4.39 Å². The van der Waals surface area contributed by atoms with Gasteiger partial charge in [0.15, 0.2) is 0 Å². The van der Waals surface area contributed by atoms with E-state index >= 15 is 0 Å². The average Bonchev–Trinajstić information content (AvgIpc) is 3.04. The van der Waals surface area contributed by atoms with Crippen LogP contribution in [0.5, 0.6) is 0 Å². The van der Waals surface area contributed by atoms with E-state index in [9.17, 15) is 9.18 Å². The molecule has 1 aromatic carbocycles. The van der Waals surface area contributed by atoms with E-state index in [1.165, 1.54) is 12.1 Å². The molecule has 0 bridgehead atoms. The first-order valence-electron chi connectivity index (χ1n) is 8.83. The largest absolute Gasteiger partial charge is 0.338 e. The van der Waals surface area contributed by atoms with E-state index in [4.69, 9.17) is 5.73 Å². The minimum absolute atomic E-state index is 0.00133. The van der Waals surface area contributed by atoms with E-state index in [0.29, 0.717) is 19.5 Å². The van der Waals surface area contributed by atoms with Crippen molar-refractivity contribution in [2.45, 2.75) is 19.0 Å². The molecule has 0 unspecified atom stereocenters. The highest BCUT2D eigenvalue weighted by atomic mass is 19.1. The van der Waals surface area contributed by atoms with Crippen molar-refractivity contribution in [2.75, 3.05) is 13.1 Å². The van der Waals surface area contributed by atoms with Crippen molar-refractivity contribution >= 4 is 5.91 Å². The molecule has 0 spiro atoms. The molecular weight excluding hydrogens is 345 g/mol. The fraction of sp³-hybridized carbons (Fsp3) is 0.250. The van der Waals surface area contributed by atoms with E-state index in [0.717, 1.165) is 22.5 Å². The molecule has 6 nitrogen and oxygen atoms in total. The van der Waals surface area contributed by atoms with Crippen LogP contribution >= 0.6 is 0 Å². The number of nitrogens with two attached hydrogens (primary N) is 1. The summed E-state index contributed by atoms with van der Waals surface area (Å²) in [7, 11) is 0. The van der Waals surface area contributed by atoms with Crippen LogP contribution in [0.15, 0.2) is 54.9 Å². The third kappa shape index (κ3) is 3.88. The summed E-state index contributed by atoms with van der Waals surface area (Å²) in [5, 5.41) is 4.63. The van der Waals surface area contributed by atoms with E-state index in [2.05, 4.69) is 10.1 Å². The fourth-order valence-electron chi connectivity index (χ4n) is 3.15. The smallest absolute Gasteiger partial charge is 0.244 e. The molecule has 0 saturated carbocycles. The van der Waals surface area contributed by atoms with Gasteiger partial charge in [-0.15, -0.1) is 0 Å². The number of likely N-dealkylation sites (tertiary alicyclic amines) is 1. The summed E-state index contributed by atoms with van der Waals surface area (Å²) in [5.74, 6) is -0.268. The van der Waals surface area contributed by atoms with Gasteiger partial charge in [0, 0.05) is 49.2 Å². The average molecular weight is 365 g/mol. The number of nitrogens with zero attached hydrogens (tertiary/aromatic N) is 4. The molecule has 0 aliphatic carbocycles. The van der Waals surface area contributed by atoms with E-state index in [1.54, 1.807) is 34.1 Å². The van der Waals surface area contributed by atoms with Crippen molar-refractivity contribution < 1.29 is 9.18 Å². The number of hydrogen-bond acceptors (Lipinski definition) is 4. The lowest BCUT2D eigenvalue weighted by Crippen LogP contribution is -2.58. The maximum Gasteiger partial charge on any atom is 0.244 e. The number of aromatic nitrogens is 3. The summed E-state index contributed by atoms with van der Waals surface area (Å²) in [6, 6.07) is 12.2. The molecule has 2 N–H and O–H groups in total. The Bertz CT molecular complexity index is 933. The zero-order chi connectivity index (χ0) is 18.8. The molecular formula is C20H20FN5O. The Balaban J connectivity index is 1.61. The predicted molar refractivity (Wildman–Crippen MR) is 99.2 cm³/mol. The molecule has 1 fully saturated rings. The summed E-state index contributed by atoms with van der Waals surface area (Å²) in [5.41, 5.74) is 9.34. The Morgan fingerprint density at radius 2 is 1.85 bits per heavy atom. The maximum atomic E-state index is 13.2. The molecule has 1 amide bonds. The zero-order valence-electron chi connectivity index (χ0n) is 14.8. The summed E-state index contributed by atoms with van der Waals surface area (Å²) in [6.07, 6.45) is 3.98. The van der Waals surface area contributed by atoms with Crippen LogP contribution in [-0.2, 0) is 17.8 Å². The molecule has 7 heteroatoms. The highest BCUT2D eigenvalue weighted by molar-refractivity contribution is 5.77. The maximum absolute atomic E-state index is 13.2. The Morgan fingerprint density at radius 1 is 1.15 bits per heavy atom. The number of rotatable bonds is 5. The van der Waals surface area contributed by atoms with Gasteiger partial charge in [0.25, 0.3) is 0 Å². The third-order valence-corrected chi connectivity index (χ3v) is 4.69. The molecule has 1 aliphatic heterocycles. The van der Waals surface area contributed by atoms with E-state index in [1.807, 2.05) is 18.2 Å². The fourth-order valence-corrected chi connectivity index (χ4v) is 3.15. The topological polar surface area (TPSA) is 77.0 Å². The van der Waals surface area contributed by atoms with Crippen LogP contribution in [0.3, 0.4) is 0 Å². The number of benzene rings is 1. The van der Waals surface area contributed by atoms with Crippen molar-refractivity contribution in [3.05, 3.63) is 71.9 Å². The Hall–Kier alpha value is -3.06. The van der Waals surface area contributed by atoms with E-state index < -0.39 is 0 Å². The summed E-state index contributed by atoms with van der Waals surface area (Å²) >= 11 is 0. The number of hydrogen-bond donors (Lipinski definition) is 1. The van der Waals surface area contributed by atoms with Crippen LogP contribution in [0.25, 0.3) is 11.3 Å². The van der Waals surface area contributed by atoms with Crippen LogP contribution in [0.2, 0.25) is 0 Å². The number of amides is 1. The van der Waals surface area contributed by atoms with Gasteiger partial charge in [-0.3, -0.25) is 14.5 Å². The molecule has 3 heterocycles. The van der Waals surface area contributed by atoms with Gasteiger partial charge >= 0.3 is 0 Å². The van der Waals surface area contributed by atoms with Crippen LogP contribution in [-0.4, -0.2) is 44.7 Å². The minimum atomic E-state index is -0.269. The Morgan fingerprint density at radius 3 is 2.52 bits per heavy atom. The number of carbonyl (C=O) groups excluding carboxylic acids is 1. The molecule has 4 rings (SSSR count). The van der Waals surface area contributed by atoms with Crippen molar-refractivity contribution in [2.24, 2.45) is 5.73 Å². The number of halogens is 1. The Kier molecular flexibility index (Phi) is 4.68. The monoisotopic (exact) mass is 365 g/mol. The molecule has 27 heavy (non-hydrogen) atoms. The van der Waals surface area contributed by atoms with Crippen molar-refractivity contribution in [3.8, 4) is 11.3 Å². The standard InChI is InChI=1S/C20H20FN5O/c21-16-3-1-14(2-4-16)9-18-10-19(15-5-7-23-8-6-15)24-26(18)13-20(27)25-11-17(22)12-25/h1-8,10,17H,9,11-13,22H2. The summed E-state index contributed by atoms with van der Waals surface area (Å²) in [4.78, 5) is 18.3. The van der Waals surface area contributed by atoms with Gasteiger partial charge in [0.05, 0.1) is 5.69 Å². The van der Waals surface area contributed by atoms with Gasteiger partial charge in [0.1, 0.15) is 12.4 Å². The second-order valence-corrected chi connectivity index (χ2v) is 6.78. The van der Waals surface area contributed by atoms with Crippen molar-refractivity contribution in [1.29, 1.82) is 0 Å². The predicted octanol–water partition coefficient (Wildman–Crippen LogP) is 1.84. The van der Waals surface area contributed by atoms with Gasteiger partial charge < -0.3 is 10.6 Å². The van der Waals surface area contributed by atoms with Crippen LogP contribution < -0.4 is 5.73 Å². The molecule has 1 aliphatic rings. The lowest BCUT2D eigenvalue weighted by molar-refractivity contribution is -0.136. The normalized spacial score (nSPS) is 14.2. The first kappa shape index (κ1) is 17.4. The van der Waals surface area contributed by atoms with Crippen LogP contribution in [0, 0.1) is 5.82 Å². The van der Waals surface area contributed by atoms with Gasteiger partial charge in [-0.05, 0) is 35.9 Å². The van der Waals surface area contributed by atoms with Gasteiger partial charge in [-0.1, -0.05) is 12.1 Å². The molecule has 0 atom stereocenters. The van der Waals surface area contributed by atoms with Gasteiger partial charge in [0.2, 0.25) is 5.91 Å². The van der Waals surface area contributed by atoms with E-state index in [-0.39, 0.29) is 24.3 Å². The highest BCUT2D eigenvalue weighted by Gasteiger charge is 2.28. The SMILES string of the molecule is NC1CN(C(=O)Cn2nc(-c3ccncc3)cc2Cc2ccc(F)cc2)C1. The molecule has 1 saturated heterocycles.